The first-order chi connectivity index (χ1) is 6.94. The minimum Gasteiger partial charge on any atom is -0.390 e. The monoisotopic (exact) mass is 226 g/mol. The summed E-state index contributed by atoms with van der Waals surface area (Å²) in [6, 6.07) is 0. The number of rotatable bonds is 6. The molecule has 0 amide bonds. The maximum atomic E-state index is 11.9. The van der Waals surface area contributed by atoms with E-state index in [0.717, 1.165) is 12.8 Å². The summed E-state index contributed by atoms with van der Waals surface area (Å²) in [7, 11) is 0. The molecule has 2 nitrogen and oxygen atoms in total. The van der Waals surface area contributed by atoms with Gasteiger partial charge in [0.15, 0.2) is 0 Å². The number of hydrogen-bond donors (Lipinski definition) is 1. The molecule has 1 fully saturated rings. The summed E-state index contributed by atoms with van der Waals surface area (Å²) in [5.41, 5.74) is 0. The molecule has 2 unspecified atom stereocenters. The topological polar surface area (TPSA) is 29.5 Å². The molecule has 1 aliphatic rings. The number of aliphatic hydroxyl groups is 1. The Bertz CT molecular complexity index is 190. The molecule has 0 aromatic heterocycles. The quantitative estimate of drug-likeness (QED) is 0.754. The van der Waals surface area contributed by atoms with Gasteiger partial charge in [0.1, 0.15) is 0 Å². The van der Waals surface area contributed by atoms with Crippen LogP contribution in [-0.4, -0.2) is 30.1 Å². The molecule has 1 aliphatic carbocycles. The standard InChI is InChI=1S/C10H17F3O2/c1-2-15-9(7-3-4-7)8(14)5-6-10(11,12)13/h7-9,14H,2-6H2,1H3. The van der Waals surface area contributed by atoms with E-state index in [1.165, 1.54) is 0 Å². The molecule has 0 spiro atoms. The molecule has 0 aromatic carbocycles. The second-order valence-corrected chi connectivity index (χ2v) is 3.98. The average molecular weight is 226 g/mol. The minimum atomic E-state index is -4.19. The lowest BCUT2D eigenvalue weighted by Crippen LogP contribution is -2.32. The SMILES string of the molecule is CCOC(C(O)CCC(F)(F)F)C1CC1. The van der Waals surface area contributed by atoms with Crippen LogP contribution in [0, 0.1) is 5.92 Å². The van der Waals surface area contributed by atoms with Gasteiger partial charge in [-0.3, -0.25) is 0 Å². The van der Waals surface area contributed by atoms with Crippen molar-refractivity contribution in [2.75, 3.05) is 6.61 Å². The highest BCUT2D eigenvalue weighted by molar-refractivity contribution is 4.87. The maximum Gasteiger partial charge on any atom is 0.389 e. The third kappa shape index (κ3) is 4.84. The Balaban J connectivity index is 2.32. The van der Waals surface area contributed by atoms with Gasteiger partial charge in [0.05, 0.1) is 12.2 Å². The van der Waals surface area contributed by atoms with Gasteiger partial charge in [0.25, 0.3) is 0 Å². The maximum absolute atomic E-state index is 11.9. The predicted molar refractivity (Wildman–Crippen MR) is 49.4 cm³/mol. The smallest absolute Gasteiger partial charge is 0.389 e. The zero-order valence-electron chi connectivity index (χ0n) is 8.76. The Morgan fingerprint density at radius 1 is 1.40 bits per heavy atom. The highest BCUT2D eigenvalue weighted by Gasteiger charge is 2.38. The van der Waals surface area contributed by atoms with Crippen LogP contribution in [0.25, 0.3) is 0 Å². The first kappa shape index (κ1) is 12.8. The number of aliphatic hydroxyl groups excluding tert-OH is 1. The molecule has 2 atom stereocenters. The van der Waals surface area contributed by atoms with Crippen LogP contribution in [-0.2, 0) is 4.74 Å². The minimum absolute atomic E-state index is 0.258. The van der Waals surface area contributed by atoms with Crippen LogP contribution in [0.4, 0.5) is 13.2 Å². The number of hydrogen-bond acceptors (Lipinski definition) is 2. The van der Waals surface area contributed by atoms with Gasteiger partial charge in [-0.25, -0.2) is 0 Å². The van der Waals surface area contributed by atoms with Gasteiger partial charge in [0.2, 0.25) is 0 Å². The van der Waals surface area contributed by atoms with Crippen LogP contribution in [0.3, 0.4) is 0 Å². The molecule has 0 heterocycles. The van der Waals surface area contributed by atoms with Crippen molar-refractivity contribution < 1.29 is 23.0 Å². The molecular weight excluding hydrogens is 209 g/mol. The molecule has 1 saturated carbocycles. The van der Waals surface area contributed by atoms with E-state index in [4.69, 9.17) is 4.74 Å². The van der Waals surface area contributed by atoms with Gasteiger partial charge in [-0.15, -0.1) is 0 Å². The summed E-state index contributed by atoms with van der Waals surface area (Å²) in [6.07, 6.45) is -4.88. The Morgan fingerprint density at radius 2 is 2.00 bits per heavy atom. The van der Waals surface area contributed by atoms with Crippen molar-refractivity contribution in [3.05, 3.63) is 0 Å². The summed E-state index contributed by atoms with van der Waals surface area (Å²) in [5, 5.41) is 9.59. The van der Waals surface area contributed by atoms with E-state index in [2.05, 4.69) is 0 Å². The fourth-order valence-electron chi connectivity index (χ4n) is 1.65. The van der Waals surface area contributed by atoms with E-state index in [0.29, 0.717) is 6.61 Å². The van der Waals surface area contributed by atoms with E-state index in [1.54, 1.807) is 6.92 Å². The molecule has 0 aromatic rings. The van der Waals surface area contributed by atoms with Gasteiger partial charge in [-0.1, -0.05) is 0 Å². The molecule has 0 saturated heterocycles. The number of alkyl halides is 3. The van der Waals surface area contributed by atoms with Crippen molar-refractivity contribution in [3.63, 3.8) is 0 Å². The zero-order chi connectivity index (χ0) is 11.5. The van der Waals surface area contributed by atoms with E-state index in [-0.39, 0.29) is 12.3 Å². The van der Waals surface area contributed by atoms with Crippen LogP contribution < -0.4 is 0 Å². The van der Waals surface area contributed by atoms with Gasteiger partial charge >= 0.3 is 6.18 Å². The Morgan fingerprint density at radius 3 is 2.40 bits per heavy atom. The lowest BCUT2D eigenvalue weighted by atomic mass is 10.0. The van der Waals surface area contributed by atoms with E-state index in [9.17, 15) is 18.3 Å². The van der Waals surface area contributed by atoms with E-state index < -0.39 is 24.8 Å². The lowest BCUT2D eigenvalue weighted by Gasteiger charge is -2.23. The molecule has 0 bridgehead atoms. The predicted octanol–water partition coefficient (Wildman–Crippen LogP) is 2.50. The molecule has 5 heteroatoms. The van der Waals surface area contributed by atoms with Crippen LogP contribution in [0.2, 0.25) is 0 Å². The molecule has 1 rings (SSSR count). The lowest BCUT2D eigenvalue weighted by molar-refractivity contribution is -0.146. The third-order valence-electron chi connectivity index (χ3n) is 2.55. The summed E-state index contributed by atoms with van der Waals surface area (Å²) in [6.45, 7) is 2.22. The van der Waals surface area contributed by atoms with Crippen molar-refractivity contribution in [1.29, 1.82) is 0 Å². The number of ether oxygens (including phenoxy) is 1. The highest BCUT2D eigenvalue weighted by atomic mass is 19.4. The summed E-state index contributed by atoms with van der Waals surface area (Å²) in [5.74, 6) is 0.258. The summed E-state index contributed by atoms with van der Waals surface area (Å²) < 4.78 is 41.1. The van der Waals surface area contributed by atoms with Crippen LogP contribution in [0.1, 0.15) is 32.6 Å². The van der Waals surface area contributed by atoms with Gasteiger partial charge < -0.3 is 9.84 Å². The van der Waals surface area contributed by atoms with Crippen LogP contribution in [0.5, 0.6) is 0 Å². The second kappa shape index (κ2) is 5.16. The fraction of sp³-hybridized carbons (Fsp3) is 1.00. The number of halogens is 3. The Hall–Kier alpha value is -0.290. The molecule has 0 aliphatic heterocycles. The van der Waals surface area contributed by atoms with E-state index in [1.807, 2.05) is 0 Å². The van der Waals surface area contributed by atoms with Gasteiger partial charge in [-0.05, 0) is 32.1 Å². The Labute approximate surface area is 87.4 Å². The largest absolute Gasteiger partial charge is 0.390 e. The molecular formula is C10H17F3O2. The summed E-state index contributed by atoms with van der Waals surface area (Å²) >= 11 is 0. The third-order valence-corrected chi connectivity index (χ3v) is 2.55. The first-order valence-electron chi connectivity index (χ1n) is 5.30. The van der Waals surface area contributed by atoms with Crippen molar-refractivity contribution in [2.45, 2.75) is 51.0 Å². The van der Waals surface area contributed by atoms with Crippen molar-refractivity contribution in [3.8, 4) is 0 Å². The fourth-order valence-corrected chi connectivity index (χ4v) is 1.65. The van der Waals surface area contributed by atoms with Crippen molar-refractivity contribution >= 4 is 0 Å². The molecule has 90 valence electrons. The molecule has 0 radical (unpaired) electrons. The van der Waals surface area contributed by atoms with Crippen molar-refractivity contribution in [1.82, 2.24) is 0 Å². The Kier molecular flexibility index (Phi) is 4.40. The summed E-state index contributed by atoms with van der Waals surface area (Å²) in [4.78, 5) is 0. The first-order valence-corrected chi connectivity index (χ1v) is 5.30. The van der Waals surface area contributed by atoms with Crippen LogP contribution in [0.15, 0.2) is 0 Å². The molecule has 15 heavy (non-hydrogen) atoms. The average Bonchev–Trinajstić information content (AvgIpc) is 2.92. The van der Waals surface area contributed by atoms with Crippen LogP contribution >= 0.6 is 0 Å². The van der Waals surface area contributed by atoms with Crippen molar-refractivity contribution in [2.24, 2.45) is 5.92 Å². The van der Waals surface area contributed by atoms with Gasteiger partial charge in [0, 0.05) is 13.0 Å². The zero-order valence-corrected chi connectivity index (χ0v) is 8.76. The van der Waals surface area contributed by atoms with E-state index >= 15 is 0 Å². The normalized spacial score (nSPS) is 21.4. The molecule has 1 N–H and O–H groups in total. The van der Waals surface area contributed by atoms with Gasteiger partial charge in [-0.2, -0.15) is 13.2 Å². The second-order valence-electron chi connectivity index (χ2n) is 3.98. The highest BCUT2D eigenvalue weighted by Crippen LogP contribution is 2.37.